The number of nitrogens with zero attached hydrogens (tertiary/aromatic N) is 3. The van der Waals surface area contributed by atoms with Crippen LogP contribution >= 0.6 is 0 Å². The second-order valence-corrected chi connectivity index (χ2v) is 5.65. The van der Waals surface area contributed by atoms with Crippen molar-refractivity contribution in [3.63, 3.8) is 0 Å². The molecule has 0 aliphatic carbocycles. The van der Waals surface area contributed by atoms with Gasteiger partial charge in [0.15, 0.2) is 0 Å². The van der Waals surface area contributed by atoms with Gasteiger partial charge in [-0.05, 0) is 38.1 Å². The Labute approximate surface area is 126 Å². The van der Waals surface area contributed by atoms with Gasteiger partial charge in [-0.2, -0.15) is 0 Å². The molecule has 0 N–H and O–H groups in total. The molecule has 0 radical (unpaired) electrons. The summed E-state index contributed by atoms with van der Waals surface area (Å²) in [7, 11) is 3.72. The summed E-state index contributed by atoms with van der Waals surface area (Å²) in [5, 5.41) is 0. The molecule has 21 heavy (non-hydrogen) atoms. The molecule has 1 aromatic heterocycles. The van der Waals surface area contributed by atoms with Gasteiger partial charge in [0.1, 0.15) is 0 Å². The highest BCUT2D eigenvalue weighted by atomic mass is 16.5. The molecule has 0 spiro atoms. The summed E-state index contributed by atoms with van der Waals surface area (Å²) in [6, 6.07) is 4.03. The Bertz CT molecular complexity index is 478. The molecule has 2 rings (SSSR count). The van der Waals surface area contributed by atoms with Crippen molar-refractivity contribution >= 4 is 5.91 Å². The molecule has 1 aliphatic rings. The first-order valence-electron chi connectivity index (χ1n) is 7.61. The average Bonchev–Trinajstić information content (AvgIpc) is 2.68. The van der Waals surface area contributed by atoms with Gasteiger partial charge in [-0.25, -0.2) is 4.98 Å². The Kier molecular flexibility index (Phi) is 5.56. The molecular weight excluding hydrogens is 266 g/mol. The summed E-state index contributed by atoms with van der Waals surface area (Å²) < 4.78 is 5.12. The number of likely N-dealkylation sites (N-methyl/N-ethyl adjacent to an activating group) is 1. The first-order chi connectivity index (χ1) is 10.1. The quantitative estimate of drug-likeness (QED) is 0.845. The van der Waals surface area contributed by atoms with Crippen molar-refractivity contribution in [1.82, 2.24) is 14.8 Å². The molecule has 5 nitrogen and oxygen atoms in total. The van der Waals surface area contributed by atoms with Crippen molar-refractivity contribution < 1.29 is 9.53 Å². The number of rotatable bonds is 4. The molecule has 0 saturated carbocycles. The Hall–Kier alpha value is -1.62. The fourth-order valence-corrected chi connectivity index (χ4v) is 2.87. The number of hydrogen-bond acceptors (Lipinski definition) is 4. The average molecular weight is 291 g/mol. The van der Waals surface area contributed by atoms with Crippen LogP contribution in [0.25, 0.3) is 0 Å². The van der Waals surface area contributed by atoms with Gasteiger partial charge in [0.05, 0.1) is 13.5 Å². The van der Waals surface area contributed by atoms with Crippen molar-refractivity contribution in [3.05, 3.63) is 23.9 Å². The van der Waals surface area contributed by atoms with E-state index in [-0.39, 0.29) is 5.91 Å². The van der Waals surface area contributed by atoms with Crippen LogP contribution < -0.4 is 4.74 Å². The van der Waals surface area contributed by atoms with E-state index in [2.05, 4.69) is 28.8 Å². The lowest BCUT2D eigenvalue weighted by molar-refractivity contribution is -0.132. The van der Waals surface area contributed by atoms with E-state index in [1.165, 1.54) is 0 Å². The topological polar surface area (TPSA) is 45.7 Å². The predicted octanol–water partition coefficient (Wildman–Crippen LogP) is 1.58. The summed E-state index contributed by atoms with van der Waals surface area (Å²) in [4.78, 5) is 21.1. The lowest BCUT2D eigenvalue weighted by atomic mass is 10.1. The lowest BCUT2D eigenvalue weighted by Gasteiger charge is -2.30. The molecule has 1 fully saturated rings. The van der Waals surface area contributed by atoms with E-state index in [0.29, 0.717) is 18.3 Å². The van der Waals surface area contributed by atoms with E-state index in [9.17, 15) is 4.79 Å². The second-order valence-electron chi connectivity index (χ2n) is 5.65. The molecule has 0 aromatic carbocycles. The number of pyridine rings is 1. The van der Waals surface area contributed by atoms with E-state index in [1.807, 2.05) is 12.1 Å². The maximum absolute atomic E-state index is 12.6. The van der Waals surface area contributed by atoms with Crippen molar-refractivity contribution in [3.8, 4) is 5.88 Å². The first kappa shape index (κ1) is 15.8. The van der Waals surface area contributed by atoms with E-state index < -0.39 is 0 Å². The van der Waals surface area contributed by atoms with Crippen LogP contribution in [0.15, 0.2) is 18.3 Å². The monoisotopic (exact) mass is 291 g/mol. The summed E-state index contributed by atoms with van der Waals surface area (Å²) >= 11 is 0. The van der Waals surface area contributed by atoms with Gasteiger partial charge < -0.3 is 14.5 Å². The third-order valence-electron chi connectivity index (χ3n) is 4.06. The standard InChI is InChI=1S/C16H25N3O2/c1-4-14-12-18(2)8-5-9-19(14)16(20)11-13-6-7-17-15(10-13)21-3/h6-7,10,14H,4-5,8-9,11-12H2,1-3H3. The number of amides is 1. The fourth-order valence-electron chi connectivity index (χ4n) is 2.87. The minimum Gasteiger partial charge on any atom is -0.481 e. The van der Waals surface area contributed by atoms with Crippen LogP contribution in [0.2, 0.25) is 0 Å². The van der Waals surface area contributed by atoms with Crippen molar-refractivity contribution in [2.45, 2.75) is 32.2 Å². The van der Waals surface area contributed by atoms with Crippen LogP contribution in [-0.4, -0.2) is 60.5 Å². The number of carbonyl (C=O) groups is 1. The minimum atomic E-state index is 0.199. The zero-order valence-corrected chi connectivity index (χ0v) is 13.2. The Morgan fingerprint density at radius 2 is 2.29 bits per heavy atom. The number of ether oxygens (including phenoxy) is 1. The zero-order valence-electron chi connectivity index (χ0n) is 13.2. The molecule has 1 atom stereocenters. The molecule has 116 valence electrons. The molecule has 1 aromatic rings. The van der Waals surface area contributed by atoms with Crippen LogP contribution in [0.5, 0.6) is 5.88 Å². The molecule has 1 saturated heterocycles. The van der Waals surface area contributed by atoms with E-state index >= 15 is 0 Å². The van der Waals surface area contributed by atoms with Gasteiger partial charge >= 0.3 is 0 Å². The summed E-state index contributed by atoms with van der Waals surface area (Å²) in [5.74, 6) is 0.758. The molecular formula is C16H25N3O2. The SMILES string of the molecule is CCC1CN(C)CCCN1C(=O)Cc1ccnc(OC)c1. The normalized spacial score (nSPS) is 20.1. The highest BCUT2D eigenvalue weighted by molar-refractivity contribution is 5.79. The van der Waals surface area contributed by atoms with Gasteiger partial charge in [-0.15, -0.1) is 0 Å². The highest BCUT2D eigenvalue weighted by Crippen LogP contribution is 2.15. The fraction of sp³-hybridized carbons (Fsp3) is 0.625. The van der Waals surface area contributed by atoms with Crippen LogP contribution in [0.4, 0.5) is 0 Å². The Morgan fingerprint density at radius 1 is 1.48 bits per heavy atom. The van der Waals surface area contributed by atoms with Gasteiger partial charge in [0.25, 0.3) is 0 Å². The van der Waals surface area contributed by atoms with Gasteiger partial charge in [0.2, 0.25) is 11.8 Å². The Balaban J connectivity index is 2.06. The summed E-state index contributed by atoms with van der Waals surface area (Å²) in [6.45, 7) is 5.02. The summed E-state index contributed by atoms with van der Waals surface area (Å²) in [6.07, 6.45) is 4.14. The van der Waals surface area contributed by atoms with Crippen molar-refractivity contribution in [2.75, 3.05) is 33.8 Å². The maximum atomic E-state index is 12.6. The molecule has 1 unspecified atom stereocenters. The highest BCUT2D eigenvalue weighted by Gasteiger charge is 2.25. The number of hydrogen-bond donors (Lipinski definition) is 0. The zero-order chi connectivity index (χ0) is 15.2. The summed E-state index contributed by atoms with van der Waals surface area (Å²) in [5.41, 5.74) is 0.958. The van der Waals surface area contributed by atoms with Crippen LogP contribution in [0.1, 0.15) is 25.3 Å². The molecule has 1 aliphatic heterocycles. The smallest absolute Gasteiger partial charge is 0.227 e. The third kappa shape index (κ3) is 4.17. The van der Waals surface area contributed by atoms with Crippen molar-refractivity contribution in [2.24, 2.45) is 0 Å². The van der Waals surface area contributed by atoms with Gasteiger partial charge in [-0.3, -0.25) is 4.79 Å². The molecule has 0 bridgehead atoms. The number of methoxy groups -OCH3 is 1. The van der Waals surface area contributed by atoms with E-state index in [0.717, 1.165) is 38.0 Å². The van der Waals surface area contributed by atoms with E-state index in [1.54, 1.807) is 13.3 Å². The maximum Gasteiger partial charge on any atom is 0.227 e. The largest absolute Gasteiger partial charge is 0.481 e. The lowest BCUT2D eigenvalue weighted by Crippen LogP contribution is -2.44. The minimum absolute atomic E-state index is 0.199. The van der Waals surface area contributed by atoms with Gasteiger partial charge in [-0.1, -0.05) is 6.92 Å². The van der Waals surface area contributed by atoms with Gasteiger partial charge in [0, 0.05) is 31.4 Å². The Morgan fingerprint density at radius 3 is 3.00 bits per heavy atom. The molecule has 1 amide bonds. The number of carbonyl (C=O) groups excluding carboxylic acids is 1. The predicted molar refractivity (Wildman–Crippen MR) is 82.4 cm³/mol. The third-order valence-corrected chi connectivity index (χ3v) is 4.06. The van der Waals surface area contributed by atoms with Crippen molar-refractivity contribution in [1.29, 1.82) is 0 Å². The number of aromatic nitrogens is 1. The second kappa shape index (κ2) is 7.41. The van der Waals surface area contributed by atoms with Crippen LogP contribution in [0.3, 0.4) is 0 Å². The molecule has 2 heterocycles. The van der Waals surface area contributed by atoms with E-state index in [4.69, 9.17) is 4.74 Å². The molecule has 5 heteroatoms. The van der Waals surface area contributed by atoms with Crippen LogP contribution in [-0.2, 0) is 11.2 Å². The van der Waals surface area contributed by atoms with Crippen LogP contribution in [0, 0.1) is 0 Å². The first-order valence-corrected chi connectivity index (χ1v) is 7.61.